The van der Waals surface area contributed by atoms with Crippen LogP contribution < -0.4 is 0 Å². The molecule has 3 aliphatic carbocycles. The number of alkyl halides is 6. The number of aliphatic hydroxyl groups excluding tert-OH is 2. The van der Waals surface area contributed by atoms with Gasteiger partial charge in [-0.25, -0.2) is 0 Å². The van der Waals surface area contributed by atoms with Crippen molar-refractivity contribution in [2.75, 3.05) is 0 Å². The Morgan fingerprint density at radius 3 is 2.30 bits per heavy atom. The summed E-state index contributed by atoms with van der Waals surface area (Å²) < 4.78 is 127. The average Bonchev–Trinajstić information content (AvgIpc) is 3.29. The molecule has 43 heavy (non-hydrogen) atoms. The molecule has 0 aromatic rings. The minimum atomic E-state index is -6.15. The van der Waals surface area contributed by atoms with Crippen molar-refractivity contribution >= 4 is 0 Å². The van der Waals surface area contributed by atoms with Crippen LogP contribution in [0.4, 0.5) is 26.3 Å². The zero-order chi connectivity index (χ0) is 37.6. The molecule has 244 valence electrons. The number of allylic oxidation sites excluding steroid dienone is 3. The van der Waals surface area contributed by atoms with Crippen molar-refractivity contribution in [3.05, 3.63) is 35.5 Å². The lowest BCUT2D eigenvalue weighted by molar-refractivity contribution is -0.343. The van der Waals surface area contributed by atoms with E-state index in [-0.39, 0.29) is 31.1 Å². The smallest absolute Gasteiger partial charge is 0.393 e. The van der Waals surface area contributed by atoms with Crippen molar-refractivity contribution in [2.24, 2.45) is 22.7 Å². The molecule has 0 spiro atoms. The maximum Gasteiger partial charge on any atom is 0.438 e. The number of aliphatic hydroxyl groups is 4. The van der Waals surface area contributed by atoms with Gasteiger partial charge < -0.3 is 20.4 Å². The van der Waals surface area contributed by atoms with Crippen LogP contribution in [0.5, 0.6) is 0 Å². The van der Waals surface area contributed by atoms with Gasteiger partial charge in [0.25, 0.3) is 0 Å². The van der Waals surface area contributed by atoms with E-state index in [4.69, 9.17) is 8.22 Å². The largest absolute Gasteiger partial charge is 0.438 e. The topological polar surface area (TPSA) is 80.9 Å². The molecule has 0 aliphatic heterocycles. The maximum atomic E-state index is 13.4. The van der Waals surface area contributed by atoms with Gasteiger partial charge in [0.1, 0.15) is 0 Å². The van der Waals surface area contributed by atoms with Crippen molar-refractivity contribution in [2.45, 2.75) is 134 Å². The minimum Gasteiger partial charge on any atom is -0.393 e. The van der Waals surface area contributed by atoms with Gasteiger partial charge in [-0.05, 0) is 105 Å². The fourth-order valence-corrected chi connectivity index (χ4v) is 7.66. The van der Waals surface area contributed by atoms with Crippen LogP contribution in [-0.4, -0.2) is 56.2 Å². The van der Waals surface area contributed by atoms with Gasteiger partial charge in [0, 0.05) is 21.1 Å². The quantitative estimate of drug-likeness (QED) is 0.176. The molecule has 0 saturated heterocycles. The first-order chi connectivity index (χ1) is 22.0. The molecule has 0 radical (unpaired) electrons. The second-order valence-corrected chi connectivity index (χ2v) is 13.2. The van der Waals surface area contributed by atoms with Gasteiger partial charge in [0.15, 0.2) is 0 Å². The summed E-state index contributed by atoms with van der Waals surface area (Å²) in [6, 6.07) is 0. The van der Waals surface area contributed by atoms with E-state index in [0.29, 0.717) is 49.7 Å². The molecule has 3 aliphatic rings. The van der Waals surface area contributed by atoms with Crippen LogP contribution in [0.1, 0.15) is 106 Å². The van der Waals surface area contributed by atoms with Gasteiger partial charge in [0.2, 0.25) is 0 Å². The lowest BCUT2D eigenvalue weighted by Crippen LogP contribution is -2.55. The van der Waals surface area contributed by atoms with E-state index in [9.17, 15) is 46.8 Å². The molecule has 0 aromatic carbocycles. The van der Waals surface area contributed by atoms with Crippen LogP contribution in [0.3, 0.4) is 0 Å². The molecule has 3 fully saturated rings. The third-order valence-corrected chi connectivity index (χ3v) is 9.94. The first-order valence-corrected chi connectivity index (χ1v) is 14.6. The lowest BCUT2D eigenvalue weighted by Gasteiger charge is -2.49. The van der Waals surface area contributed by atoms with Gasteiger partial charge in [-0.2, -0.15) is 26.3 Å². The summed E-state index contributed by atoms with van der Waals surface area (Å²) in [6.45, 7) is 0.891. The molecule has 0 amide bonds. The molecular weight excluding hydrogens is 574 g/mol. The molecular formula is C33H46F6O4. The lowest BCUT2D eigenvalue weighted by atomic mass is 9.55. The molecule has 3 saturated carbocycles. The molecule has 4 N–H and O–H groups in total. The van der Waals surface area contributed by atoms with Gasteiger partial charge in [-0.1, -0.05) is 50.5 Å². The Bertz CT molecular complexity index is 1330. The van der Waals surface area contributed by atoms with Gasteiger partial charge >= 0.3 is 18.0 Å². The van der Waals surface area contributed by atoms with Crippen molar-refractivity contribution in [1.82, 2.24) is 0 Å². The van der Waals surface area contributed by atoms with Crippen LogP contribution in [-0.2, 0) is 0 Å². The highest BCUT2D eigenvalue weighted by Crippen LogP contribution is 2.63. The zero-order valence-electron chi connectivity index (χ0n) is 30.5. The van der Waals surface area contributed by atoms with Gasteiger partial charge in [0.05, 0.1) is 17.8 Å². The summed E-state index contributed by atoms with van der Waals surface area (Å²) in [4.78, 5) is 0. The van der Waals surface area contributed by atoms with E-state index in [0.717, 1.165) is 11.5 Å². The van der Waals surface area contributed by atoms with Crippen LogP contribution in [0, 0.1) is 34.5 Å². The Labute approximate surface area is 259 Å². The summed E-state index contributed by atoms with van der Waals surface area (Å²) in [5.41, 5.74) is -7.89. The van der Waals surface area contributed by atoms with Crippen LogP contribution in [0.15, 0.2) is 35.5 Å². The zero-order valence-corrected chi connectivity index (χ0v) is 24.5. The fourth-order valence-electron chi connectivity index (χ4n) is 7.66. The Kier molecular flexibility index (Phi) is 8.02. The third kappa shape index (κ3) is 7.71. The van der Waals surface area contributed by atoms with Crippen LogP contribution >= 0.6 is 0 Å². The second-order valence-electron chi connectivity index (χ2n) is 13.2. The number of fused-ring (bicyclic) bond motifs is 1. The van der Waals surface area contributed by atoms with E-state index in [1.807, 2.05) is 25.0 Å². The number of hydrogen-bond donors (Lipinski definition) is 4. The predicted octanol–water partition coefficient (Wildman–Crippen LogP) is 7.32. The van der Waals surface area contributed by atoms with Crippen molar-refractivity contribution in [3.8, 4) is 11.8 Å². The fraction of sp³-hybridized carbons (Fsp3) is 0.758. The predicted molar refractivity (Wildman–Crippen MR) is 152 cm³/mol. The van der Waals surface area contributed by atoms with E-state index in [1.54, 1.807) is 6.92 Å². The number of halogens is 6. The van der Waals surface area contributed by atoms with Gasteiger partial charge in [-0.3, -0.25) is 0 Å². The molecule has 10 heteroatoms. The molecule has 0 bridgehead atoms. The van der Waals surface area contributed by atoms with Crippen molar-refractivity contribution < 1.29 is 55.0 Å². The standard InChI is InChI=1S/C33H46F6O4/c1-21-23(19-24(40)20-26(21)41)11-10-22-9-6-17-30(5)25(22)12-13-27(30)29(4,15-7-14-28(2,3)42)16-8-18-31(43,32(34,35)36)33(37,38)39/h10-11,24-27,40-43H,1,6-7,9,12-17,19-20H2,2-5H3/t24-,25?,26+,27-,29?,30+/m1/s1/i2D3,3D3. The Balaban J connectivity index is 2.03. The Hall–Kier alpha value is -1.80. The normalized spacial score (nSPS) is 35.0. The highest BCUT2D eigenvalue weighted by atomic mass is 19.4. The van der Waals surface area contributed by atoms with E-state index in [2.05, 4.69) is 6.58 Å². The first kappa shape index (κ1) is 27.5. The Morgan fingerprint density at radius 1 is 1.05 bits per heavy atom. The van der Waals surface area contributed by atoms with Crippen molar-refractivity contribution in [1.29, 1.82) is 0 Å². The monoisotopic (exact) mass is 626 g/mol. The molecule has 3 rings (SSSR count). The summed E-state index contributed by atoms with van der Waals surface area (Å²) >= 11 is 0. The van der Waals surface area contributed by atoms with Crippen LogP contribution in [0.2, 0.25) is 0 Å². The minimum absolute atomic E-state index is 0.0638. The second kappa shape index (κ2) is 12.5. The van der Waals surface area contributed by atoms with E-state index >= 15 is 0 Å². The van der Waals surface area contributed by atoms with Gasteiger partial charge in [-0.15, -0.1) is 0 Å². The summed E-state index contributed by atoms with van der Waals surface area (Å²) in [5, 5.41) is 40.9. The summed E-state index contributed by atoms with van der Waals surface area (Å²) in [7, 11) is 0. The molecule has 0 aromatic heterocycles. The molecule has 2 unspecified atom stereocenters. The third-order valence-electron chi connectivity index (χ3n) is 9.94. The highest BCUT2D eigenvalue weighted by Gasteiger charge is 2.70. The molecule has 6 atom stereocenters. The number of hydrogen-bond acceptors (Lipinski definition) is 4. The van der Waals surface area contributed by atoms with E-state index in [1.165, 1.54) is 0 Å². The SMILES string of the molecule is [2H]C([2H])([2H])C(O)(CCCC(C)(CC#CC(O)(C(F)(F)F)C(F)(F)F)[C@H]1CCC2C(=CC=C3C[C@@H](O)C[C@H](O)C3=C)CCC[C@@]21C)C([2H])([2H])[2H]. The Morgan fingerprint density at radius 2 is 1.70 bits per heavy atom. The number of rotatable bonds is 7. The molecule has 0 heterocycles. The van der Waals surface area contributed by atoms with Crippen LogP contribution in [0.25, 0.3) is 0 Å². The van der Waals surface area contributed by atoms with Crippen molar-refractivity contribution in [3.63, 3.8) is 0 Å². The summed E-state index contributed by atoms with van der Waals surface area (Å²) in [5.74, 6) is 2.54. The maximum absolute atomic E-state index is 13.4. The summed E-state index contributed by atoms with van der Waals surface area (Å²) in [6.07, 6.45) is -8.20. The average molecular weight is 627 g/mol. The van der Waals surface area contributed by atoms with E-state index < -0.39 is 73.1 Å². The molecule has 4 nitrogen and oxygen atoms in total. The first-order valence-electron chi connectivity index (χ1n) is 17.6. The highest BCUT2D eigenvalue weighted by molar-refractivity contribution is 5.39.